The first-order valence-corrected chi connectivity index (χ1v) is 8.11. The van der Waals surface area contributed by atoms with E-state index < -0.39 is 5.41 Å². The van der Waals surface area contributed by atoms with Crippen molar-refractivity contribution >= 4 is 28.3 Å². The second kappa shape index (κ2) is 6.13. The summed E-state index contributed by atoms with van der Waals surface area (Å²) in [6.45, 7) is 8.95. The Balaban J connectivity index is 1.97. The van der Waals surface area contributed by atoms with Crippen molar-refractivity contribution in [2.24, 2.45) is 11.3 Å². The molecule has 2 rings (SSSR count). The van der Waals surface area contributed by atoms with E-state index in [2.05, 4.69) is 10.3 Å². The highest BCUT2D eigenvalue weighted by molar-refractivity contribution is 7.15. The first kappa shape index (κ1) is 15.9. The van der Waals surface area contributed by atoms with Crippen LogP contribution in [0.4, 0.5) is 5.13 Å². The van der Waals surface area contributed by atoms with E-state index in [1.54, 1.807) is 6.20 Å². The molecule has 1 aliphatic rings. The Morgan fingerprint density at radius 1 is 1.43 bits per heavy atom. The normalized spacial score (nSPS) is 19.4. The van der Waals surface area contributed by atoms with Gasteiger partial charge in [-0.15, -0.1) is 11.3 Å². The van der Waals surface area contributed by atoms with Gasteiger partial charge in [0.05, 0.1) is 5.92 Å². The first-order valence-electron chi connectivity index (χ1n) is 7.30. The van der Waals surface area contributed by atoms with E-state index in [9.17, 15) is 9.59 Å². The summed E-state index contributed by atoms with van der Waals surface area (Å²) in [5.74, 6) is -0.0601. The number of aryl methyl sites for hydroxylation is 1. The summed E-state index contributed by atoms with van der Waals surface area (Å²) < 4.78 is 0. The van der Waals surface area contributed by atoms with Gasteiger partial charge < -0.3 is 10.2 Å². The lowest BCUT2D eigenvalue weighted by Crippen LogP contribution is -2.47. The number of likely N-dealkylation sites (tertiary alicyclic amines) is 1. The summed E-state index contributed by atoms with van der Waals surface area (Å²) in [5.41, 5.74) is -0.398. The number of rotatable bonds is 2. The lowest BCUT2D eigenvalue weighted by molar-refractivity contribution is -0.142. The summed E-state index contributed by atoms with van der Waals surface area (Å²) in [5, 5.41) is 3.50. The van der Waals surface area contributed by atoms with E-state index in [0.29, 0.717) is 11.7 Å². The molecule has 21 heavy (non-hydrogen) atoms. The average Bonchev–Trinajstić information content (AvgIpc) is 2.82. The highest BCUT2D eigenvalue weighted by Crippen LogP contribution is 2.25. The van der Waals surface area contributed by atoms with Crippen molar-refractivity contribution in [3.8, 4) is 0 Å². The molecule has 6 heteroatoms. The standard InChI is InChI=1S/C15H23N3O2S/c1-10-8-16-14(21-10)17-12(19)11-6-5-7-18(9-11)13(20)15(2,3)4/h8,11H,5-7,9H2,1-4H3,(H,16,17,19). The molecule has 1 atom stereocenters. The van der Waals surface area contributed by atoms with Crippen LogP contribution in [0, 0.1) is 18.3 Å². The van der Waals surface area contributed by atoms with Crippen LogP contribution in [0.25, 0.3) is 0 Å². The van der Waals surface area contributed by atoms with E-state index >= 15 is 0 Å². The Morgan fingerprint density at radius 3 is 2.71 bits per heavy atom. The predicted octanol–water partition coefficient (Wildman–Crippen LogP) is 2.67. The van der Waals surface area contributed by atoms with Crippen LogP contribution in [0.5, 0.6) is 0 Å². The number of hydrogen-bond acceptors (Lipinski definition) is 4. The minimum Gasteiger partial charge on any atom is -0.341 e. The van der Waals surface area contributed by atoms with E-state index in [-0.39, 0.29) is 17.7 Å². The summed E-state index contributed by atoms with van der Waals surface area (Å²) >= 11 is 1.47. The first-order chi connectivity index (χ1) is 9.77. The van der Waals surface area contributed by atoms with Crippen LogP contribution in [-0.2, 0) is 9.59 Å². The number of carbonyl (C=O) groups excluding carboxylic acids is 2. The zero-order valence-electron chi connectivity index (χ0n) is 13.1. The van der Waals surface area contributed by atoms with Gasteiger partial charge in [-0.25, -0.2) is 4.98 Å². The molecule has 2 heterocycles. The molecule has 116 valence electrons. The van der Waals surface area contributed by atoms with Crippen LogP contribution < -0.4 is 5.32 Å². The van der Waals surface area contributed by atoms with Gasteiger partial charge in [0.25, 0.3) is 0 Å². The molecular weight excluding hydrogens is 286 g/mol. The van der Waals surface area contributed by atoms with Gasteiger partial charge in [-0.2, -0.15) is 0 Å². The fourth-order valence-corrected chi connectivity index (χ4v) is 3.14. The third-order valence-electron chi connectivity index (χ3n) is 3.57. The number of piperidine rings is 1. The lowest BCUT2D eigenvalue weighted by Gasteiger charge is -2.35. The van der Waals surface area contributed by atoms with Crippen molar-refractivity contribution in [1.29, 1.82) is 0 Å². The highest BCUT2D eigenvalue weighted by Gasteiger charge is 2.33. The van der Waals surface area contributed by atoms with Crippen molar-refractivity contribution in [2.75, 3.05) is 18.4 Å². The Labute approximate surface area is 129 Å². The lowest BCUT2D eigenvalue weighted by atomic mass is 9.91. The van der Waals surface area contributed by atoms with Gasteiger partial charge in [-0.05, 0) is 19.8 Å². The largest absolute Gasteiger partial charge is 0.341 e. The molecule has 0 bridgehead atoms. The minimum atomic E-state index is -0.398. The Morgan fingerprint density at radius 2 is 2.14 bits per heavy atom. The van der Waals surface area contributed by atoms with E-state index in [1.807, 2.05) is 32.6 Å². The second-order valence-corrected chi connectivity index (χ2v) is 7.84. The number of amides is 2. The SMILES string of the molecule is Cc1cnc(NC(=O)C2CCCN(C(=O)C(C)(C)C)C2)s1. The molecule has 1 fully saturated rings. The number of hydrogen-bond donors (Lipinski definition) is 1. The van der Waals surface area contributed by atoms with Crippen molar-refractivity contribution in [3.63, 3.8) is 0 Å². The molecule has 0 spiro atoms. The van der Waals surface area contributed by atoms with Crippen LogP contribution in [0.15, 0.2) is 6.20 Å². The maximum Gasteiger partial charge on any atom is 0.231 e. The number of nitrogens with zero attached hydrogens (tertiary/aromatic N) is 2. The second-order valence-electron chi connectivity index (χ2n) is 6.61. The number of thiazole rings is 1. The molecule has 0 radical (unpaired) electrons. The Hall–Kier alpha value is -1.43. The van der Waals surface area contributed by atoms with Gasteiger partial charge in [-0.3, -0.25) is 9.59 Å². The molecule has 5 nitrogen and oxygen atoms in total. The third kappa shape index (κ3) is 4.03. The summed E-state index contributed by atoms with van der Waals surface area (Å²) in [6, 6.07) is 0. The summed E-state index contributed by atoms with van der Waals surface area (Å²) in [6.07, 6.45) is 3.44. The third-order valence-corrected chi connectivity index (χ3v) is 4.40. The number of nitrogens with one attached hydrogen (secondary N) is 1. The fourth-order valence-electron chi connectivity index (χ4n) is 2.47. The maximum absolute atomic E-state index is 12.3. The molecule has 1 saturated heterocycles. The predicted molar refractivity (Wildman–Crippen MR) is 84.2 cm³/mol. The minimum absolute atomic E-state index is 0.0317. The van der Waals surface area contributed by atoms with E-state index in [0.717, 1.165) is 24.3 Å². The van der Waals surface area contributed by atoms with E-state index in [1.165, 1.54) is 11.3 Å². The van der Waals surface area contributed by atoms with Crippen LogP contribution in [0.1, 0.15) is 38.5 Å². The van der Waals surface area contributed by atoms with Crippen LogP contribution >= 0.6 is 11.3 Å². The van der Waals surface area contributed by atoms with Crippen molar-refractivity contribution < 1.29 is 9.59 Å². The van der Waals surface area contributed by atoms with Crippen LogP contribution in [0.3, 0.4) is 0 Å². The number of carbonyl (C=O) groups is 2. The van der Waals surface area contributed by atoms with Crippen LogP contribution in [0.2, 0.25) is 0 Å². The zero-order valence-corrected chi connectivity index (χ0v) is 13.9. The smallest absolute Gasteiger partial charge is 0.231 e. The molecule has 1 N–H and O–H groups in total. The zero-order chi connectivity index (χ0) is 15.6. The van der Waals surface area contributed by atoms with E-state index in [4.69, 9.17) is 0 Å². The van der Waals surface area contributed by atoms with Gasteiger partial charge in [-0.1, -0.05) is 20.8 Å². The van der Waals surface area contributed by atoms with Crippen molar-refractivity contribution in [1.82, 2.24) is 9.88 Å². The molecule has 1 unspecified atom stereocenters. The van der Waals surface area contributed by atoms with Crippen molar-refractivity contribution in [2.45, 2.75) is 40.5 Å². The number of anilines is 1. The Bertz CT molecular complexity index is 533. The quantitative estimate of drug-likeness (QED) is 0.913. The highest BCUT2D eigenvalue weighted by atomic mass is 32.1. The molecular formula is C15H23N3O2S. The molecule has 0 saturated carbocycles. The summed E-state index contributed by atoms with van der Waals surface area (Å²) in [4.78, 5) is 31.7. The monoisotopic (exact) mass is 309 g/mol. The molecule has 0 aliphatic carbocycles. The topological polar surface area (TPSA) is 62.3 Å². The summed E-state index contributed by atoms with van der Waals surface area (Å²) in [7, 11) is 0. The fraction of sp³-hybridized carbons (Fsp3) is 0.667. The van der Waals surface area contributed by atoms with Gasteiger partial charge in [0.15, 0.2) is 5.13 Å². The molecule has 0 aromatic carbocycles. The van der Waals surface area contributed by atoms with Crippen LogP contribution in [-0.4, -0.2) is 34.8 Å². The van der Waals surface area contributed by atoms with Gasteiger partial charge >= 0.3 is 0 Å². The van der Waals surface area contributed by atoms with Gasteiger partial charge in [0.1, 0.15) is 0 Å². The molecule has 1 aromatic rings. The van der Waals surface area contributed by atoms with Gasteiger partial charge in [0, 0.05) is 29.6 Å². The molecule has 1 aromatic heterocycles. The average molecular weight is 309 g/mol. The molecule has 1 aliphatic heterocycles. The maximum atomic E-state index is 12.3. The van der Waals surface area contributed by atoms with Gasteiger partial charge in [0.2, 0.25) is 11.8 Å². The Kier molecular flexibility index (Phi) is 4.66. The number of aromatic nitrogens is 1. The van der Waals surface area contributed by atoms with Crippen molar-refractivity contribution in [3.05, 3.63) is 11.1 Å². The molecule has 2 amide bonds.